The average Bonchev–Trinajstić information content (AvgIpc) is 1.76. The van der Waals surface area contributed by atoms with E-state index in [1.54, 1.807) is 0 Å². The van der Waals surface area contributed by atoms with Crippen LogP contribution in [0.25, 0.3) is 0 Å². The average molecular weight is 91.1 g/mol. The molecule has 0 bridgehead atoms. The van der Waals surface area contributed by atoms with E-state index in [0.29, 0.717) is 0 Å². The summed E-state index contributed by atoms with van der Waals surface area (Å²) in [6.45, 7) is 2.50. The topological polar surface area (TPSA) is 12.0 Å². The maximum absolute atomic E-state index is 3.22. The molecule has 0 aromatic rings. The minimum Gasteiger partial charge on any atom is -0.317 e. The van der Waals surface area contributed by atoms with E-state index in [1.807, 2.05) is 0 Å². The van der Waals surface area contributed by atoms with Gasteiger partial charge in [0, 0.05) is 0 Å². The van der Waals surface area contributed by atoms with Crippen LogP contribution in [0, 0.1) is 0 Å². The van der Waals surface area contributed by atoms with E-state index < -0.39 is 0 Å². The minimum absolute atomic E-state index is 0. The second kappa shape index (κ2) is 3.09. The van der Waals surface area contributed by atoms with Crippen molar-refractivity contribution in [1.29, 1.82) is 0 Å². The Kier molecular flexibility index (Phi) is 3.04. The molecule has 0 saturated carbocycles. The van der Waals surface area contributed by atoms with E-state index in [4.69, 9.17) is 0 Å². The molecule has 0 aromatic heterocycles. The van der Waals surface area contributed by atoms with Gasteiger partial charge in [-0.05, 0) is 25.9 Å². The van der Waals surface area contributed by atoms with E-state index in [0.717, 1.165) is 0 Å². The third-order valence-electron chi connectivity index (χ3n) is 0.957. The Hall–Kier alpha value is -0.110. The van der Waals surface area contributed by atoms with Gasteiger partial charge in [0.05, 0.1) is 0 Å². The van der Waals surface area contributed by atoms with Gasteiger partial charge in [0.15, 0.2) is 0 Å². The first-order chi connectivity index (χ1) is 2.50. The van der Waals surface area contributed by atoms with Gasteiger partial charge in [-0.15, -0.1) is 0 Å². The van der Waals surface area contributed by atoms with E-state index >= 15 is 0 Å². The molecular weight excluding hydrogens is 81.0 g/mol. The normalized spacial score (nSPS) is 20.0. The third kappa shape index (κ3) is 1.36. The van der Waals surface area contributed by atoms with Gasteiger partial charge < -0.3 is 5.32 Å². The van der Waals surface area contributed by atoms with Crippen LogP contribution in [0.5, 0.6) is 0 Å². The summed E-state index contributed by atoms with van der Waals surface area (Å²) in [5.41, 5.74) is 0. The molecule has 1 heterocycles. The van der Waals surface area contributed by atoms with Crippen LogP contribution in [-0.2, 0) is 0 Å². The highest BCUT2D eigenvalue weighted by Gasteiger charge is 1.93. The lowest BCUT2D eigenvalue weighted by Crippen LogP contribution is -2.03. The lowest BCUT2D eigenvalue weighted by atomic mass is 10.4. The van der Waals surface area contributed by atoms with Crippen LogP contribution in [0.1, 0.15) is 12.8 Å². The van der Waals surface area contributed by atoms with Crippen molar-refractivity contribution >= 4 is 0 Å². The van der Waals surface area contributed by atoms with E-state index in [1.165, 1.54) is 25.9 Å². The zero-order valence-corrected chi connectivity index (χ0v) is 3.74. The summed E-state index contributed by atoms with van der Waals surface area (Å²) in [5.74, 6) is 0. The van der Waals surface area contributed by atoms with E-state index in [2.05, 4.69) is 5.32 Å². The molecule has 6 heavy (non-hydrogen) atoms. The predicted octanol–water partition coefficient (Wildman–Crippen LogP) is 0.522. The summed E-state index contributed by atoms with van der Waals surface area (Å²) in [6.07, 6.45) is 2.78. The van der Waals surface area contributed by atoms with Crippen LogP contribution in [0.15, 0.2) is 0 Å². The molecule has 0 aromatic carbocycles. The monoisotopic (exact) mass is 91.1 g/mol. The van der Waals surface area contributed by atoms with E-state index in [-0.39, 0.29) is 4.70 Å². The zero-order valence-electron chi connectivity index (χ0n) is 3.74. The van der Waals surface area contributed by atoms with Gasteiger partial charge in [-0.1, -0.05) is 0 Å². The van der Waals surface area contributed by atoms with Crippen molar-refractivity contribution in [2.75, 3.05) is 13.1 Å². The van der Waals surface area contributed by atoms with Crippen LogP contribution in [0.3, 0.4) is 0 Å². The van der Waals surface area contributed by atoms with Crippen molar-refractivity contribution in [3.8, 4) is 0 Å². The molecule has 1 nitrogen and oxygen atoms in total. The maximum atomic E-state index is 3.22. The van der Waals surface area contributed by atoms with Crippen molar-refractivity contribution < 1.29 is 4.70 Å². The van der Waals surface area contributed by atoms with Crippen LogP contribution in [0.2, 0.25) is 0 Å². The first kappa shape index (κ1) is 5.89. The highest BCUT2D eigenvalue weighted by Crippen LogP contribution is 1.90. The first-order valence-corrected chi connectivity index (χ1v) is 2.21. The number of hydrogen-bond acceptors (Lipinski definition) is 1. The fourth-order valence-electron chi connectivity index (χ4n) is 0.625. The van der Waals surface area contributed by atoms with Crippen LogP contribution >= 0.6 is 0 Å². The lowest BCUT2D eigenvalue weighted by molar-refractivity contribution is 0.857. The van der Waals surface area contributed by atoms with Gasteiger partial charge in [-0.25, -0.2) is 0 Å². The first-order valence-electron chi connectivity index (χ1n) is 2.21. The fraction of sp³-hybridized carbons (Fsp3) is 1.00. The smallest absolute Gasteiger partial charge is 0.00484 e. The molecule has 1 aliphatic rings. The summed E-state index contributed by atoms with van der Waals surface area (Å²) in [5, 5.41) is 3.22. The fourth-order valence-corrected chi connectivity index (χ4v) is 0.625. The standard InChI is InChI=1S/C4H9N.FH/c1-2-4-5-3-1;/h5H,1-4H2;1H. The van der Waals surface area contributed by atoms with Gasteiger partial charge >= 0.3 is 0 Å². The molecule has 0 unspecified atom stereocenters. The Balaban J connectivity index is 0.000000250. The van der Waals surface area contributed by atoms with Gasteiger partial charge in [-0.2, -0.15) is 0 Å². The Bertz CT molecular complexity index is 19.1. The minimum atomic E-state index is 0. The van der Waals surface area contributed by atoms with Crippen molar-refractivity contribution in [2.24, 2.45) is 0 Å². The molecule has 0 atom stereocenters. The van der Waals surface area contributed by atoms with E-state index in [9.17, 15) is 0 Å². The van der Waals surface area contributed by atoms with Gasteiger partial charge in [0.2, 0.25) is 0 Å². The second-order valence-electron chi connectivity index (χ2n) is 1.46. The highest BCUT2D eigenvalue weighted by molar-refractivity contribution is 4.55. The van der Waals surface area contributed by atoms with Crippen LogP contribution in [0.4, 0.5) is 4.70 Å². The molecule has 1 N–H and O–H groups in total. The quantitative estimate of drug-likeness (QED) is 0.458. The number of halogens is 1. The van der Waals surface area contributed by atoms with Crippen LogP contribution in [-0.4, -0.2) is 13.1 Å². The van der Waals surface area contributed by atoms with Gasteiger partial charge in [0.25, 0.3) is 0 Å². The summed E-state index contributed by atoms with van der Waals surface area (Å²) in [4.78, 5) is 0. The third-order valence-corrected chi connectivity index (χ3v) is 0.957. The molecule has 38 valence electrons. The molecule has 1 aliphatic heterocycles. The Morgan fingerprint density at radius 2 is 1.50 bits per heavy atom. The molecule has 1 fully saturated rings. The molecule has 0 amide bonds. The number of rotatable bonds is 0. The molecule has 0 aliphatic carbocycles. The maximum Gasteiger partial charge on any atom is -0.00484 e. The lowest BCUT2D eigenvalue weighted by Gasteiger charge is -1.76. The molecular formula is C4H10FN. The number of hydrogen-bond donors (Lipinski definition) is 1. The zero-order chi connectivity index (χ0) is 3.54. The van der Waals surface area contributed by atoms with Crippen molar-refractivity contribution in [3.63, 3.8) is 0 Å². The Morgan fingerprint density at radius 1 is 1.00 bits per heavy atom. The summed E-state index contributed by atoms with van der Waals surface area (Å²) in [6, 6.07) is 0. The van der Waals surface area contributed by atoms with Gasteiger partial charge in [-0.3, -0.25) is 4.70 Å². The molecule has 0 radical (unpaired) electrons. The summed E-state index contributed by atoms with van der Waals surface area (Å²) in [7, 11) is 0. The second-order valence-corrected chi connectivity index (χ2v) is 1.46. The number of nitrogens with one attached hydrogen (secondary N) is 1. The van der Waals surface area contributed by atoms with Crippen LogP contribution < -0.4 is 5.32 Å². The van der Waals surface area contributed by atoms with Gasteiger partial charge in [0.1, 0.15) is 0 Å². The molecule has 1 saturated heterocycles. The predicted molar refractivity (Wildman–Crippen MR) is 24.6 cm³/mol. The molecule has 2 heteroatoms. The van der Waals surface area contributed by atoms with Crippen molar-refractivity contribution in [2.45, 2.75) is 12.8 Å². The summed E-state index contributed by atoms with van der Waals surface area (Å²) >= 11 is 0. The Morgan fingerprint density at radius 3 is 1.67 bits per heavy atom. The summed E-state index contributed by atoms with van der Waals surface area (Å²) < 4.78 is 0. The largest absolute Gasteiger partial charge is 0.317 e. The molecule has 1 rings (SSSR count). The molecule has 0 spiro atoms. The SMILES string of the molecule is C1CCNC1.F. The highest BCUT2D eigenvalue weighted by atomic mass is 19.0. The van der Waals surface area contributed by atoms with Crippen molar-refractivity contribution in [1.82, 2.24) is 5.32 Å². The van der Waals surface area contributed by atoms with Crippen molar-refractivity contribution in [3.05, 3.63) is 0 Å². The Labute approximate surface area is 37.1 Å².